The van der Waals surface area contributed by atoms with Gasteiger partial charge < -0.3 is 4.74 Å². The topological polar surface area (TPSA) is 26.3 Å². The van der Waals surface area contributed by atoms with E-state index in [4.69, 9.17) is 4.74 Å². The molecule has 2 rings (SSSR count). The average molecular weight is 232 g/mol. The van der Waals surface area contributed by atoms with E-state index in [-0.39, 0.29) is 5.30 Å². The molecule has 0 heterocycles. The number of hydrogen-bond donors (Lipinski definition) is 0. The molecule has 2 nitrogen and oxygen atoms in total. The van der Waals surface area contributed by atoms with Gasteiger partial charge >= 0.3 is 5.30 Å². The van der Waals surface area contributed by atoms with Gasteiger partial charge in [-0.1, -0.05) is 36.4 Å². The van der Waals surface area contributed by atoms with Gasteiger partial charge in [0, 0.05) is 4.90 Å². The highest BCUT2D eigenvalue weighted by Gasteiger charge is 2.07. The summed E-state index contributed by atoms with van der Waals surface area (Å²) >= 11 is 1.14. The molecule has 16 heavy (non-hydrogen) atoms. The number of fused-ring (bicyclic) bond motifs is 1. The third-order valence-electron chi connectivity index (χ3n) is 2.21. The maximum absolute atomic E-state index is 11.4. The van der Waals surface area contributed by atoms with E-state index >= 15 is 0 Å². The Morgan fingerprint density at radius 1 is 1.19 bits per heavy atom. The zero-order chi connectivity index (χ0) is 11.4. The molecule has 2 aromatic rings. The highest BCUT2D eigenvalue weighted by atomic mass is 32.2. The highest BCUT2D eigenvalue weighted by Crippen LogP contribution is 2.28. The Balaban J connectivity index is 2.33. The van der Waals surface area contributed by atoms with Gasteiger partial charge in [0.25, 0.3) is 0 Å². The van der Waals surface area contributed by atoms with Crippen LogP contribution < -0.4 is 0 Å². The van der Waals surface area contributed by atoms with Crippen LogP contribution in [-0.4, -0.2) is 11.9 Å². The second kappa shape index (κ2) is 5.03. The first kappa shape index (κ1) is 11.0. The van der Waals surface area contributed by atoms with Gasteiger partial charge in [0.05, 0.1) is 6.61 Å². The Labute approximate surface area is 98.6 Å². The first-order valence-electron chi connectivity index (χ1n) is 5.13. The van der Waals surface area contributed by atoms with E-state index in [1.54, 1.807) is 0 Å². The van der Waals surface area contributed by atoms with Crippen molar-refractivity contribution in [3.8, 4) is 0 Å². The summed E-state index contributed by atoms with van der Waals surface area (Å²) in [5, 5.41) is 1.97. The minimum Gasteiger partial charge on any atom is -0.458 e. The van der Waals surface area contributed by atoms with Crippen LogP contribution in [0.3, 0.4) is 0 Å². The minimum absolute atomic E-state index is 0.251. The molecule has 3 heteroatoms. The van der Waals surface area contributed by atoms with Crippen LogP contribution in [0.15, 0.2) is 47.4 Å². The third kappa shape index (κ3) is 2.36. The van der Waals surface area contributed by atoms with Gasteiger partial charge in [-0.25, -0.2) is 4.79 Å². The van der Waals surface area contributed by atoms with E-state index in [2.05, 4.69) is 0 Å². The van der Waals surface area contributed by atoms with Crippen LogP contribution in [0.2, 0.25) is 0 Å². The summed E-state index contributed by atoms with van der Waals surface area (Å²) in [4.78, 5) is 12.3. The lowest BCUT2D eigenvalue weighted by Gasteiger charge is -2.04. The van der Waals surface area contributed by atoms with Crippen molar-refractivity contribution in [3.05, 3.63) is 42.5 Å². The monoisotopic (exact) mass is 232 g/mol. The van der Waals surface area contributed by atoms with Gasteiger partial charge in [0.2, 0.25) is 0 Å². The Morgan fingerprint density at radius 3 is 2.75 bits per heavy atom. The molecule has 0 N–H and O–H groups in total. The fourth-order valence-electron chi connectivity index (χ4n) is 1.52. The van der Waals surface area contributed by atoms with Crippen molar-refractivity contribution in [1.29, 1.82) is 0 Å². The molecule has 2 aromatic carbocycles. The summed E-state index contributed by atoms with van der Waals surface area (Å²) in [6.07, 6.45) is 0. The van der Waals surface area contributed by atoms with E-state index in [0.29, 0.717) is 6.61 Å². The number of carbonyl (C=O) groups is 1. The summed E-state index contributed by atoms with van der Waals surface area (Å²) in [5.74, 6) is 0. The fraction of sp³-hybridized carbons (Fsp3) is 0.154. The quantitative estimate of drug-likeness (QED) is 0.576. The van der Waals surface area contributed by atoms with Crippen LogP contribution in [-0.2, 0) is 4.74 Å². The van der Waals surface area contributed by atoms with Crippen molar-refractivity contribution in [1.82, 2.24) is 0 Å². The molecule has 0 spiro atoms. The van der Waals surface area contributed by atoms with Crippen molar-refractivity contribution in [2.45, 2.75) is 11.8 Å². The van der Waals surface area contributed by atoms with E-state index < -0.39 is 0 Å². The summed E-state index contributed by atoms with van der Waals surface area (Å²) in [6.45, 7) is 2.22. The summed E-state index contributed by atoms with van der Waals surface area (Å²) in [5.41, 5.74) is 0. The smallest absolute Gasteiger partial charge is 0.372 e. The standard InChI is InChI=1S/C13H12O2S/c1-2-15-13(14)16-12-9-5-7-10-6-3-4-8-11(10)12/h3-9H,2H2,1H3. The van der Waals surface area contributed by atoms with Crippen molar-refractivity contribution in [3.63, 3.8) is 0 Å². The minimum atomic E-state index is -0.251. The number of carbonyl (C=O) groups excluding carboxylic acids is 1. The molecular weight excluding hydrogens is 220 g/mol. The number of ether oxygens (including phenoxy) is 1. The molecule has 0 saturated carbocycles. The van der Waals surface area contributed by atoms with Crippen LogP contribution in [0.25, 0.3) is 10.8 Å². The predicted molar refractivity (Wildman–Crippen MR) is 66.8 cm³/mol. The number of thioether (sulfide) groups is 1. The molecule has 0 aliphatic rings. The average Bonchev–Trinajstić information content (AvgIpc) is 2.30. The summed E-state index contributed by atoms with van der Waals surface area (Å²) in [7, 11) is 0. The van der Waals surface area contributed by atoms with Gasteiger partial charge in [-0.05, 0) is 35.5 Å². The number of rotatable bonds is 2. The molecule has 0 aromatic heterocycles. The maximum atomic E-state index is 11.4. The summed E-state index contributed by atoms with van der Waals surface area (Å²) < 4.78 is 4.92. The third-order valence-corrected chi connectivity index (χ3v) is 3.07. The molecule has 82 valence electrons. The molecule has 0 atom stereocenters. The van der Waals surface area contributed by atoms with E-state index in [1.807, 2.05) is 49.4 Å². The Bertz CT molecular complexity index is 503. The normalized spacial score (nSPS) is 10.3. The lowest BCUT2D eigenvalue weighted by molar-refractivity contribution is 0.181. The summed E-state index contributed by atoms with van der Waals surface area (Å²) in [6, 6.07) is 13.9. The van der Waals surface area contributed by atoms with Crippen LogP contribution in [0.5, 0.6) is 0 Å². The zero-order valence-corrected chi connectivity index (χ0v) is 9.79. The molecule has 0 aliphatic heterocycles. The second-order valence-electron chi connectivity index (χ2n) is 3.26. The molecule has 0 unspecified atom stereocenters. The van der Waals surface area contributed by atoms with E-state index in [1.165, 1.54) is 0 Å². The molecular formula is C13H12O2S. The number of benzene rings is 2. The fourth-order valence-corrected chi connectivity index (χ4v) is 2.32. The van der Waals surface area contributed by atoms with Crippen LogP contribution in [0.1, 0.15) is 6.92 Å². The zero-order valence-electron chi connectivity index (χ0n) is 8.97. The molecule has 0 fully saturated rings. The molecule has 0 aliphatic carbocycles. The lowest BCUT2D eigenvalue weighted by atomic mass is 10.1. The van der Waals surface area contributed by atoms with Crippen molar-refractivity contribution < 1.29 is 9.53 Å². The van der Waals surface area contributed by atoms with Gasteiger partial charge in [0.15, 0.2) is 0 Å². The van der Waals surface area contributed by atoms with Crippen molar-refractivity contribution >= 4 is 27.8 Å². The lowest BCUT2D eigenvalue weighted by Crippen LogP contribution is -1.95. The van der Waals surface area contributed by atoms with E-state index in [0.717, 1.165) is 27.4 Å². The van der Waals surface area contributed by atoms with Crippen molar-refractivity contribution in [2.75, 3.05) is 6.61 Å². The first-order chi connectivity index (χ1) is 7.81. The Morgan fingerprint density at radius 2 is 1.94 bits per heavy atom. The predicted octanol–water partition coefficient (Wildman–Crippen LogP) is 4.09. The van der Waals surface area contributed by atoms with Crippen LogP contribution >= 0.6 is 11.8 Å². The molecule has 0 saturated heterocycles. The Hall–Kier alpha value is -1.48. The molecule has 0 amide bonds. The van der Waals surface area contributed by atoms with Gasteiger partial charge in [-0.15, -0.1) is 0 Å². The highest BCUT2D eigenvalue weighted by molar-refractivity contribution is 8.13. The maximum Gasteiger partial charge on any atom is 0.372 e. The van der Waals surface area contributed by atoms with Crippen LogP contribution in [0.4, 0.5) is 4.79 Å². The second-order valence-corrected chi connectivity index (χ2v) is 4.24. The first-order valence-corrected chi connectivity index (χ1v) is 5.95. The number of hydrogen-bond acceptors (Lipinski definition) is 3. The van der Waals surface area contributed by atoms with Gasteiger partial charge in [-0.2, -0.15) is 0 Å². The SMILES string of the molecule is CCOC(=O)Sc1cccc2ccccc12. The Kier molecular flexibility index (Phi) is 3.47. The van der Waals surface area contributed by atoms with Gasteiger partial charge in [-0.3, -0.25) is 0 Å². The van der Waals surface area contributed by atoms with E-state index in [9.17, 15) is 4.79 Å². The van der Waals surface area contributed by atoms with Gasteiger partial charge in [0.1, 0.15) is 0 Å². The molecule has 0 bridgehead atoms. The van der Waals surface area contributed by atoms with Crippen LogP contribution in [0, 0.1) is 0 Å². The van der Waals surface area contributed by atoms with Crippen molar-refractivity contribution in [2.24, 2.45) is 0 Å². The largest absolute Gasteiger partial charge is 0.458 e. The molecule has 0 radical (unpaired) electrons.